The van der Waals surface area contributed by atoms with Gasteiger partial charge in [-0.1, -0.05) is 18.2 Å². The number of aromatic nitrogens is 4. The molecule has 11 heteroatoms. The average Bonchev–Trinajstić information content (AvgIpc) is 3.31. The van der Waals surface area contributed by atoms with Crippen molar-refractivity contribution >= 4 is 17.0 Å². The van der Waals surface area contributed by atoms with Gasteiger partial charge in [-0.25, -0.2) is 15.0 Å². The maximum absolute atomic E-state index is 10.5. The number of aliphatic hydroxyl groups is 2. The quantitative estimate of drug-likeness (QED) is 0.422. The van der Waals surface area contributed by atoms with E-state index in [0.717, 1.165) is 17.7 Å². The number of fused-ring (bicyclic) bond motifs is 2. The highest BCUT2D eigenvalue weighted by Gasteiger charge is 2.44. The second-order valence-corrected chi connectivity index (χ2v) is 7.29. The Labute approximate surface area is 171 Å². The van der Waals surface area contributed by atoms with E-state index in [0.29, 0.717) is 17.8 Å². The lowest BCUT2D eigenvalue weighted by atomic mass is 10.0. The molecule has 1 fully saturated rings. The number of nitrogens with zero attached hydrogens (tertiary/aromatic N) is 4. The fourth-order valence-electron chi connectivity index (χ4n) is 3.85. The van der Waals surface area contributed by atoms with Gasteiger partial charge in [-0.15, -0.1) is 0 Å². The molecule has 2 aliphatic heterocycles. The Balaban J connectivity index is 1.25. The summed E-state index contributed by atoms with van der Waals surface area (Å²) in [5.41, 5.74) is 10.7. The first-order chi connectivity index (χ1) is 14.6. The van der Waals surface area contributed by atoms with Crippen molar-refractivity contribution in [1.29, 1.82) is 0 Å². The van der Waals surface area contributed by atoms with Crippen LogP contribution < -0.4 is 16.0 Å². The minimum atomic E-state index is -1.18. The molecular weight excluding hydrogens is 392 g/mol. The summed E-state index contributed by atoms with van der Waals surface area (Å²) in [6.45, 7) is 0.623. The molecule has 0 aliphatic carbocycles. The van der Waals surface area contributed by atoms with Crippen LogP contribution >= 0.6 is 0 Å². The summed E-state index contributed by atoms with van der Waals surface area (Å²) >= 11 is 0. The SMILES string of the molecule is Nc1ncnc2c1ncn2[C@@H]1O[C@H](CONC2CCOc3ccccc32)[C@@H](O)[C@H]1O. The molecule has 0 saturated carbocycles. The Morgan fingerprint density at radius 2 is 2.07 bits per heavy atom. The second kappa shape index (κ2) is 7.78. The van der Waals surface area contributed by atoms with Crippen LogP contribution in [0.25, 0.3) is 11.2 Å². The van der Waals surface area contributed by atoms with Crippen molar-refractivity contribution in [2.75, 3.05) is 18.9 Å². The zero-order valence-electron chi connectivity index (χ0n) is 16.0. The summed E-state index contributed by atoms with van der Waals surface area (Å²) < 4.78 is 13.0. The van der Waals surface area contributed by atoms with Crippen LogP contribution in [0.2, 0.25) is 0 Å². The molecule has 11 nitrogen and oxygen atoms in total. The molecule has 5 rings (SSSR count). The molecule has 1 aromatic carbocycles. The number of nitrogens with one attached hydrogen (secondary N) is 1. The average molecular weight is 414 g/mol. The molecule has 30 heavy (non-hydrogen) atoms. The van der Waals surface area contributed by atoms with Gasteiger partial charge in [-0.3, -0.25) is 9.40 Å². The van der Waals surface area contributed by atoms with E-state index in [1.165, 1.54) is 17.2 Å². The monoisotopic (exact) mass is 414 g/mol. The van der Waals surface area contributed by atoms with Crippen LogP contribution in [0.15, 0.2) is 36.9 Å². The fraction of sp³-hybridized carbons (Fsp3) is 0.421. The zero-order chi connectivity index (χ0) is 20.7. The van der Waals surface area contributed by atoms with Gasteiger partial charge in [0.15, 0.2) is 17.7 Å². The molecule has 3 aromatic rings. The van der Waals surface area contributed by atoms with Crippen LogP contribution in [-0.2, 0) is 9.57 Å². The topological polar surface area (TPSA) is 150 Å². The number of rotatable bonds is 5. The molecule has 0 amide bonds. The van der Waals surface area contributed by atoms with Gasteiger partial charge in [0, 0.05) is 12.0 Å². The van der Waals surface area contributed by atoms with Gasteiger partial charge in [-0.05, 0) is 6.07 Å². The van der Waals surface area contributed by atoms with Crippen molar-refractivity contribution in [3.63, 3.8) is 0 Å². The number of anilines is 1. The molecule has 0 spiro atoms. The minimum absolute atomic E-state index is 0.0357. The van der Waals surface area contributed by atoms with E-state index in [4.69, 9.17) is 20.0 Å². The van der Waals surface area contributed by atoms with Crippen molar-refractivity contribution < 1.29 is 24.5 Å². The predicted octanol–water partition coefficient (Wildman–Crippen LogP) is 0.0727. The van der Waals surface area contributed by atoms with Crippen molar-refractivity contribution in [1.82, 2.24) is 25.0 Å². The first-order valence-corrected chi connectivity index (χ1v) is 9.67. The van der Waals surface area contributed by atoms with Crippen molar-refractivity contribution in [2.45, 2.75) is 37.0 Å². The number of hydrogen-bond acceptors (Lipinski definition) is 10. The van der Waals surface area contributed by atoms with E-state index in [-0.39, 0.29) is 18.5 Å². The second-order valence-electron chi connectivity index (χ2n) is 7.29. The smallest absolute Gasteiger partial charge is 0.167 e. The number of imidazole rings is 1. The van der Waals surface area contributed by atoms with Crippen molar-refractivity contribution in [3.05, 3.63) is 42.5 Å². The van der Waals surface area contributed by atoms with Gasteiger partial charge < -0.3 is 25.4 Å². The van der Waals surface area contributed by atoms with Crippen LogP contribution in [0.5, 0.6) is 5.75 Å². The maximum Gasteiger partial charge on any atom is 0.167 e. The lowest BCUT2D eigenvalue weighted by Crippen LogP contribution is -2.36. The van der Waals surface area contributed by atoms with Crippen LogP contribution in [0.3, 0.4) is 0 Å². The summed E-state index contributed by atoms with van der Waals surface area (Å²) in [6.07, 6.45) is -0.439. The van der Waals surface area contributed by atoms with Gasteiger partial charge in [0.1, 0.15) is 35.9 Å². The Morgan fingerprint density at radius 1 is 1.20 bits per heavy atom. The highest BCUT2D eigenvalue weighted by molar-refractivity contribution is 5.81. The summed E-state index contributed by atoms with van der Waals surface area (Å²) in [5.74, 6) is 1.05. The minimum Gasteiger partial charge on any atom is -0.493 e. The van der Waals surface area contributed by atoms with Gasteiger partial charge >= 0.3 is 0 Å². The molecule has 2 aromatic heterocycles. The maximum atomic E-state index is 10.5. The molecule has 1 saturated heterocycles. The largest absolute Gasteiger partial charge is 0.493 e. The third-order valence-corrected chi connectivity index (χ3v) is 5.43. The Hall–Kier alpha value is -2.83. The first-order valence-electron chi connectivity index (χ1n) is 9.67. The van der Waals surface area contributed by atoms with E-state index >= 15 is 0 Å². The first kappa shape index (κ1) is 19.2. The number of benzene rings is 1. The number of hydrogen-bond donors (Lipinski definition) is 4. The molecule has 1 unspecified atom stereocenters. The Bertz CT molecular complexity index is 1050. The normalized spacial score (nSPS) is 28.4. The van der Waals surface area contributed by atoms with Crippen molar-refractivity contribution in [3.8, 4) is 5.75 Å². The lowest BCUT2D eigenvalue weighted by Gasteiger charge is -2.26. The molecule has 0 radical (unpaired) electrons. The van der Waals surface area contributed by atoms with Gasteiger partial charge in [0.25, 0.3) is 0 Å². The Morgan fingerprint density at radius 3 is 2.97 bits per heavy atom. The summed E-state index contributed by atoms with van der Waals surface area (Å²) in [5, 5.41) is 21.0. The van der Waals surface area contributed by atoms with Gasteiger partial charge in [0.2, 0.25) is 0 Å². The van der Waals surface area contributed by atoms with Crippen LogP contribution in [0.4, 0.5) is 5.82 Å². The molecule has 158 valence electrons. The zero-order valence-corrected chi connectivity index (χ0v) is 16.0. The van der Waals surface area contributed by atoms with E-state index in [9.17, 15) is 10.2 Å². The number of nitrogens with two attached hydrogens (primary N) is 1. The highest BCUT2D eigenvalue weighted by atomic mass is 16.7. The van der Waals surface area contributed by atoms with E-state index in [1.54, 1.807) is 0 Å². The lowest BCUT2D eigenvalue weighted by molar-refractivity contribution is -0.0948. The van der Waals surface area contributed by atoms with Crippen LogP contribution in [0, 0.1) is 0 Å². The number of aliphatic hydroxyl groups excluding tert-OH is 2. The molecule has 2 aliphatic rings. The molecule has 5 N–H and O–H groups in total. The summed E-state index contributed by atoms with van der Waals surface area (Å²) in [4.78, 5) is 17.9. The number of nitrogen functional groups attached to an aromatic ring is 1. The molecule has 5 atom stereocenters. The third-order valence-electron chi connectivity index (χ3n) is 5.43. The van der Waals surface area contributed by atoms with E-state index in [2.05, 4.69) is 20.4 Å². The van der Waals surface area contributed by atoms with E-state index < -0.39 is 24.5 Å². The van der Waals surface area contributed by atoms with Crippen LogP contribution in [0.1, 0.15) is 24.3 Å². The van der Waals surface area contributed by atoms with Crippen molar-refractivity contribution in [2.24, 2.45) is 0 Å². The number of ether oxygens (including phenoxy) is 2. The van der Waals surface area contributed by atoms with Crippen LogP contribution in [-0.4, -0.2) is 61.3 Å². The molecular formula is C19H22N6O5. The summed E-state index contributed by atoms with van der Waals surface area (Å²) in [7, 11) is 0. The molecule has 4 heterocycles. The van der Waals surface area contributed by atoms with Gasteiger partial charge in [0.05, 0.1) is 25.6 Å². The van der Waals surface area contributed by atoms with E-state index in [1.807, 2.05) is 24.3 Å². The number of hydroxylamine groups is 1. The standard InChI is InChI=1S/C19H22N6O5/c20-17-14-18(22-8-21-17)25(9-23-14)19-16(27)15(26)13(30-19)7-29-24-11-5-6-28-12-4-2-1-3-10(11)12/h1-4,8-9,11,13,15-16,19,24,26-27H,5-7H2,(H2,20,21,22)/t11?,13-,15-,16-,19-/m1/s1. The third kappa shape index (κ3) is 3.26. The van der Waals surface area contributed by atoms with Gasteiger partial charge in [-0.2, -0.15) is 5.48 Å². The number of para-hydroxylation sites is 1. The fourth-order valence-corrected chi connectivity index (χ4v) is 3.85. The highest BCUT2D eigenvalue weighted by Crippen LogP contribution is 2.33. The summed E-state index contributed by atoms with van der Waals surface area (Å²) in [6, 6.07) is 7.73. The molecule has 0 bridgehead atoms. The predicted molar refractivity (Wildman–Crippen MR) is 104 cm³/mol. The Kier molecular flexibility index (Phi) is 4.97.